The lowest BCUT2D eigenvalue weighted by Gasteiger charge is -2.33. The summed E-state index contributed by atoms with van der Waals surface area (Å²) in [6.07, 6.45) is 0. The molecule has 3 aromatic rings. The Morgan fingerprint density at radius 3 is 2.17 bits per heavy atom. The van der Waals surface area contributed by atoms with E-state index in [9.17, 15) is 0 Å². The normalized spacial score (nSPS) is 15.5. The first-order chi connectivity index (χ1) is 14.2. The molecule has 0 unspecified atom stereocenters. The summed E-state index contributed by atoms with van der Waals surface area (Å²) in [6.45, 7) is 10.5. The third-order valence-electron chi connectivity index (χ3n) is 5.30. The Kier molecular flexibility index (Phi) is 6.22. The lowest BCUT2D eigenvalue weighted by molar-refractivity contribution is 0.104. The van der Waals surface area contributed by atoms with Crippen LogP contribution in [0.5, 0.6) is 5.75 Å². The number of hydrogen-bond donors (Lipinski definition) is 0. The molecule has 1 saturated heterocycles. The van der Waals surface area contributed by atoms with Gasteiger partial charge in [0.25, 0.3) is 0 Å². The van der Waals surface area contributed by atoms with Crippen LogP contribution in [0.25, 0.3) is 11.4 Å². The molecule has 0 bridgehead atoms. The minimum Gasteiger partial charge on any atom is -0.492 e. The van der Waals surface area contributed by atoms with Crippen LogP contribution in [0, 0.1) is 13.8 Å². The quantitative estimate of drug-likeness (QED) is 0.613. The molecule has 2 heterocycles. The number of benzene rings is 2. The molecule has 1 aromatic heterocycles. The van der Waals surface area contributed by atoms with E-state index in [0.29, 0.717) is 24.9 Å². The van der Waals surface area contributed by atoms with Gasteiger partial charge in [-0.2, -0.15) is 4.98 Å². The Balaban J connectivity index is 1.20. The first kappa shape index (κ1) is 19.6. The van der Waals surface area contributed by atoms with Crippen molar-refractivity contribution >= 4 is 0 Å². The van der Waals surface area contributed by atoms with Crippen molar-refractivity contribution in [2.75, 3.05) is 39.3 Å². The van der Waals surface area contributed by atoms with E-state index in [2.05, 4.69) is 58.1 Å². The number of aromatic nitrogens is 2. The lowest BCUT2D eigenvalue weighted by atomic mass is 10.1. The number of piperazine rings is 1. The highest BCUT2D eigenvalue weighted by Gasteiger charge is 2.19. The number of nitrogens with zero attached hydrogens (tertiary/aromatic N) is 4. The van der Waals surface area contributed by atoms with Crippen LogP contribution in [0.2, 0.25) is 0 Å². The largest absolute Gasteiger partial charge is 0.492 e. The van der Waals surface area contributed by atoms with Crippen molar-refractivity contribution in [3.05, 3.63) is 65.5 Å². The van der Waals surface area contributed by atoms with Gasteiger partial charge in [0, 0.05) is 38.3 Å². The second-order valence-electron chi connectivity index (χ2n) is 7.66. The van der Waals surface area contributed by atoms with Gasteiger partial charge in [-0.05, 0) is 26.0 Å². The predicted molar refractivity (Wildman–Crippen MR) is 113 cm³/mol. The van der Waals surface area contributed by atoms with Crippen molar-refractivity contribution < 1.29 is 9.26 Å². The van der Waals surface area contributed by atoms with E-state index in [1.807, 2.05) is 24.3 Å². The molecule has 6 nitrogen and oxygen atoms in total. The fourth-order valence-corrected chi connectivity index (χ4v) is 3.43. The van der Waals surface area contributed by atoms with Gasteiger partial charge < -0.3 is 9.26 Å². The summed E-state index contributed by atoms with van der Waals surface area (Å²) in [5.41, 5.74) is 3.46. The van der Waals surface area contributed by atoms with Crippen LogP contribution < -0.4 is 4.74 Å². The topological polar surface area (TPSA) is 54.6 Å². The molecule has 0 amide bonds. The molecular formula is C23H28N4O2. The molecule has 1 aliphatic heterocycles. The Bertz CT molecular complexity index is 897. The molecule has 152 valence electrons. The maximum Gasteiger partial charge on any atom is 0.241 e. The molecular weight excluding hydrogens is 364 g/mol. The third kappa shape index (κ3) is 5.43. The fraction of sp³-hybridized carbons (Fsp3) is 0.391. The second-order valence-corrected chi connectivity index (χ2v) is 7.66. The van der Waals surface area contributed by atoms with Crippen LogP contribution in [0.1, 0.15) is 17.0 Å². The number of ether oxygens (including phenoxy) is 1. The SMILES string of the molecule is Cc1ccc(OCCN2CCN(Cc3nc(-c4ccc(C)cc4)no3)CC2)cc1. The molecule has 6 heteroatoms. The number of hydrogen-bond acceptors (Lipinski definition) is 6. The summed E-state index contributed by atoms with van der Waals surface area (Å²) in [6, 6.07) is 16.4. The van der Waals surface area contributed by atoms with Gasteiger partial charge in [-0.1, -0.05) is 52.7 Å². The standard InChI is InChI=1S/C23H28N4O2/c1-18-3-7-20(8-4-18)23-24-22(29-25-23)17-27-13-11-26(12-14-27)15-16-28-21-9-5-19(2)6-10-21/h3-10H,11-17H2,1-2H3. The van der Waals surface area contributed by atoms with Crippen LogP contribution in [0.4, 0.5) is 0 Å². The highest BCUT2D eigenvalue weighted by atomic mass is 16.5. The van der Waals surface area contributed by atoms with Crippen molar-refractivity contribution in [3.63, 3.8) is 0 Å². The van der Waals surface area contributed by atoms with Crippen molar-refractivity contribution in [1.82, 2.24) is 19.9 Å². The van der Waals surface area contributed by atoms with E-state index in [-0.39, 0.29) is 0 Å². The van der Waals surface area contributed by atoms with Gasteiger partial charge >= 0.3 is 0 Å². The van der Waals surface area contributed by atoms with E-state index < -0.39 is 0 Å². The zero-order valence-electron chi connectivity index (χ0n) is 17.2. The highest BCUT2D eigenvalue weighted by Crippen LogP contribution is 2.17. The molecule has 0 aliphatic carbocycles. The molecule has 0 atom stereocenters. The van der Waals surface area contributed by atoms with Gasteiger partial charge in [-0.15, -0.1) is 0 Å². The lowest BCUT2D eigenvalue weighted by Crippen LogP contribution is -2.47. The first-order valence-corrected chi connectivity index (χ1v) is 10.2. The molecule has 0 N–H and O–H groups in total. The van der Waals surface area contributed by atoms with Crippen LogP contribution >= 0.6 is 0 Å². The first-order valence-electron chi connectivity index (χ1n) is 10.2. The highest BCUT2D eigenvalue weighted by molar-refractivity contribution is 5.54. The average Bonchev–Trinajstić information content (AvgIpc) is 3.20. The molecule has 29 heavy (non-hydrogen) atoms. The summed E-state index contributed by atoms with van der Waals surface area (Å²) in [4.78, 5) is 9.37. The van der Waals surface area contributed by atoms with Crippen molar-refractivity contribution in [2.45, 2.75) is 20.4 Å². The Morgan fingerprint density at radius 1 is 0.862 bits per heavy atom. The van der Waals surface area contributed by atoms with Gasteiger partial charge in [0.05, 0.1) is 6.54 Å². The molecule has 1 fully saturated rings. The summed E-state index contributed by atoms with van der Waals surface area (Å²) in [7, 11) is 0. The Hall–Kier alpha value is -2.70. The van der Waals surface area contributed by atoms with E-state index in [1.54, 1.807) is 0 Å². The zero-order chi connectivity index (χ0) is 20.1. The average molecular weight is 393 g/mol. The van der Waals surface area contributed by atoms with Crippen molar-refractivity contribution in [2.24, 2.45) is 0 Å². The Labute approximate surface area is 172 Å². The zero-order valence-corrected chi connectivity index (χ0v) is 17.2. The minimum atomic E-state index is 0.659. The van der Waals surface area contributed by atoms with E-state index >= 15 is 0 Å². The summed E-state index contributed by atoms with van der Waals surface area (Å²) in [5.74, 6) is 2.28. The molecule has 2 aromatic carbocycles. The summed E-state index contributed by atoms with van der Waals surface area (Å²) in [5, 5.41) is 4.13. The van der Waals surface area contributed by atoms with Gasteiger partial charge in [0.1, 0.15) is 12.4 Å². The molecule has 4 rings (SSSR count). The van der Waals surface area contributed by atoms with Crippen LogP contribution in [-0.2, 0) is 6.54 Å². The minimum absolute atomic E-state index is 0.659. The maximum absolute atomic E-state index is 5.85. The monoisotopic (exact) mass is 392 g/mol. The van der Waals surface area contributed by atoms with Gasteiger partial charge in [0.15, 0.2) is 0 Å². The van der Waals surface area contributed by atoms with Gasteiger partial charge in [-0.25, -0.2) is 0 Å². The summed E-state index contributed by atoms with van der Waals surface area (Å²) < 4.78 is 11.3. The smallest absolute Gasteiger partial charge is 0.241 e. The van der Waals surface area contributed by atoms with E-state index in [1.165, 1.54) is 11.1 Å². The van der Waals surface area contributed by atoms with Crippen molar-refractivity contribution in [1.29, 1.82) is 0 Å². The molecule has 0 saturated carbocycles. The van der Waals surface area contributed by atoms with Gasteiger partial charge in [0.2, 0.25) is 11.7 Å². The summed E-state index contributed by atoms with van der Waals surface area (Å²) >= 11 is 0. The second kappa shape index (κ2) is 9.20. The van der Waals surface area contributed by atoms with Crippen LogP contribution in [0.3, 0.4) is 0 Å². The van der Waals surface area contributed by atoms with E-state index in [4.69, 9.17) is 9.26 Å². The van der Waals surface area contributed by atoms with Crippen LogP contribution in [-0.4, -0.2) is 59.3 Å². The van der Waals surface area contributed by atoms with Crippen molar-refractivity contribution in [3.8, 4) is 17.1 Å². The van der Waals surface area contributed by atoms with Gasteiger partial charge in [-0.3, -0.25) is 9.80 Å². The molecule has 0 radical (unpaired) electrons. The number of aryl methyl sites for hydroxylation is 2. The maximum atomic E-state index is 5.85. The fourth-order valence-electron chi connectivity index (χ4n) is 3.43. The number of rotatable bonds is 7. The predicted octanol–water partition coefficient (Wildman–Crippen LogP) is 3.55. The van der Waals surface area contributed by atoms with E-state index in [0.717, 1.165) is 44.0 Å². The molecule has 0 spiro atoms. The third-order valence-corrected chi connectivity index (χ3v) is 5.30. The molecule has 1 aliphatic rings. The van der Waals surface area contributed by atoms with Crippen LogP contribution in [0.15, 0.2) is 53.1 Å². The Morgan fingerprint density at radius 2 is 1.48 bits per heavy atom.